The molecule has 0 fully saturated rings. The van der Waals surface area contributed by atoms with Crippen LogP contribution in [0.5, 0.6) is 0 Å². The van der Waals surface area contributed by atoms with E-state index < -0.39 is 5.91 Å². The highest BCUT2D eigenvalue weighted by Gasteiger charge is 2.11. The van der Waals surface area contributed by atoms with E-state index in [-0.39, 0.29) is 0 Å². The molecule has 2 aromatic carbocycles. The van der Waals surface area contributed by atoms with Crippen LogP contribution in [0.4, 0.5) is 0 Å². The SMILES string of the molecule is Cn1c(-c2ccc(Cl)cc2)nc2cc(C(N)=O)ccc21. The Kier molecular flexibility index (Phi) is 2.95. The molecule has 0 atom stereocenters. The lowest BCUT2D eigenvalue weighted by molar-refractivity contribution is 0.100. The summed E-state index contributed by atoms with van der Waals surface area (Å²) in [5.74, 6) is 0.365. The zero-order valence-electron chi connectivity index (χ0n) is 10.8. The fraction of sp³-hybridized carbons (Fsp3) is 0.0667. The maximum atomic E-state index is 11.2. The molecule has 0 bridgehead atoms. The fourth-order valence-corrected chi connectivity index (χ4v) is 2.34. The number of nitrogens with two attached hydrogens (primary N) is 1. The molecule has 100 valence electrons. The number of primary amides is 1. The first-order valence-electron chi connectivity index (χ1n) is 6.08. The summed E-state index contributed by atoms with van der Waals surface area (Å²) >= 11 is 5.89. The number of rotatable bonds is 2. The number of carbonyl (C=O) groups excluding carboxylic acids is 1. The van der Waals surface area contributed by atoms with Crippen molar-refractivity contribution in [2.45, 2.75) is 0 Å². The number of aryl methyl sites for hydroxylation is 1. The molecule has 0 saturated carbocycles. The maximum absolute atomic E-state index is 11.2. The molecular weight excluding hydrogens is 274 g/mol. The van der Waals surface area contributed by atoms with Gasteiger partial charge in [-0.2, -0.15) is 0 Å². The van der Waals surface area contributed by atoms with Crippen molar-refractivity contribution in [3.63, 3.8) is 0 Å². The number of halogens is 1. The smallest absolute Gasteiger partial charge is 0.248 e. The van der Waals surface area contributed by atoms with E-state index in [1.54, 1.807) is 12.1 Å². The van der Waals surface area contributed by atoms with Crippen molar-refractivity contribution < 1.29 is 4.79 Å². The van der Waals surface area contributed by atoms with E-state index in [0.29, 0.717) is 10.6 Å². The van der Waals surface area contributed by atoms with Gasteiger partial charge in [-0.05, 0) is 42.5 Å². The highest BCUT2D eigenvalue weighted by atomic mass is 35.5. The van der Waals surface area contributed by atoms with Gasteiger partial charge in [0.25, 0.3) is 0 Å². The minimum atomic E-state index is -0.453. The lowest BCUT2D eigenvalue weighted by Crippen LogP contribution is -2.10. The second-order valence-electron chi connectivity index (χ2n) is 4.57. The van der Waals surface area contributed by atoms with E-state index in [9.17, 15) is 4.79 Å². The largest absolute Gasteiger partial charge is 0.366 e. The van der Waals surface area contributed by atoms with Crippen molar-refractivity contribution in [3.05, 3.63) is 53.1 Å². The van der Waals surface area contributed by atoms with Crippen LogP contribution < -0.4 is 5.73 Å². The summed E-state index contributed by atoms with van der Waals surface area (Å²) in [6.07, 6.45) is 0. The van der Waals surface area contributed by atoms with E-state index in [0.717, 1.165) is 22.4 Å². The third-order valence-corrected chi connectivity index (χ3v) is 3.52. The Morgan fingerprint density at radius 1 is 1.20 bits per heavy atom. The Bertz CT molecular complexity index is 806. The Morgan fingerprint density at radius 2 is 1.90 bits per heavy atom. The summed E-state index contributed by atoms with van der Waals surface area (Å²) in [5, 5.41) is 0.684. The summed E-state index contributed by atoms with van der Waals surface area (Å²) < 4.78 is 1.98. The van der Waals surface area contributed by atoms with Gasteiger partial charge in [-0.25, -0.2) is 4.98 Å². The highest BCUT2D eigenvalue weighted by molar-refractivity contribution is 6.30. The molecule has 0 radical (unpaired) electrons. The molecule has 4 nitrogen and oxygen atoms in total. The average molecular weight is 286 g/mol. The Labute approximate surface area is 120 Å². The third-order valence-electron chi connectivity index (χ3n) is 3.27. The summed E-state index contributed by atoms with van der Waals surface area (Å²) in [5.41, 5.74) is 8.40. The van der Waals surface area contributed by atoms with Crippen LogP contribution in [0.3, 0.4) is 0 Å². The summed E-state index contributed by atoms with van der Waals surface area (Å²) in [6.45, 7) is 0. The van der Waals surface area contributed by atoms with Crippen LogP contribution in [0.2, 0.25) is 5.02 Å². The van der Waals surface area contributed by atoms with Gasteiger partial charge in [0.1, 0.15) is 5.82 Å². The molecule has 0 saturated heterocycles. The molecule has 3 aromatic rings. The molecule has 1 heterocycles. The van der Waals surface area contributed by atoms with E-state index in [2.05, 4.69) is 4.98 Å². The molecule has 5 heteroatoms. The topological polar surface area (TPSA) is 60.9 Å². The standard InChI is InChI=1S/C15H12ClN3O/c1-19-13-7-4-10(14(17)20)8-12(13)18-15(19)9-2-5-11(16)6-3-9/h2-8H,1H3,(H2,17,20). The number of hydrogen-bond donors (Lipinski definition) is 1. The van der Waals surface area contributed by atoms with Crippen molar-refractivity contribution in [1.82, 2.24) is 9.55 Å². The van der Waals surface area contributed by atoms with E-state index in [1.165, 1.54) is 0 Å². The van der Waals surface area contributed by atoms with Crippen LogP contribution in [0.25, 0.3) is 22.4 Å². The van der Waals surface area contributed by atoms with E-state index in [1.807, 2.05) is 41.9 Å². The number of nitrogens with zero attached hydrogens (tertiary/aromatic N) is 2. The molecular formula is C15H12ClN3O. The lowest BCUT2D eigenvalue weighted by atomic mass is 10.2. The van der Waals surface area contributed by atoms with Crippen LogP contribution in [0.15, 0.2) is 42.5 Å². The summed E-state index contributed by atoms with van der Waals surface area (Å²) in [6, 6.07) is 12.7. The van der Waals surface area contributed by atoms with Gasteiger partial charge in [-0.1, -0.05) is 11.6 Å². The minimum absolute atomic E-state index is 0.453. The first-order chi connectivity index (χ1) is 9.56. The van der Waals surface area contributed by atoms with Gasteiger partial charge in [0.2, 0.25) is 5.91 Å². The summed E-state index contributed by atoms with van der Waals surface area (Å²) in [7, 11) is 1.93. The normalized spacial score (nSPS) is 10.9. The number of imidazole rings is 1. The Hall–Kier alpha value is -2.33. The van der Waals surface area contributed by atoms with Gasteiger partial charge in [-0.15, -0.1) is 0 Å². The molecule has 20 heavy (non-hydrogen) atoms. The van der Waals surface area contributed by atoms with Crippen LogP contribution in [0.1, 0.15) is 10.4 Å². The van der Waals surface area contributed by atoms with Crippen molar-refractivity contribution in [2.24, 2.45) is 12.8 Å². The number of amides is 1. The van der Waals surface area contributed by atoms with Crippen molar-refractivity contribution >= 4 is 28.5 Å². The first-order valence-corrected chi connectivity index (χ1v) is 6.46. The molecule has 1 amide bonds. The predicted octanol–water partition coefficient (Wildman–Crippen LogP) is 2.99. The van der Waals surface area contributed by atoms with Gasteiger partial charge in [0.05, 0.1) is 11.0 Å². The first kappa shape index (κ1) is 12.7. The van der Waals surface area contributed by atoms with Gasteiger partial charge < -0.3 is 10.3 Å². The van der Waals surface area contributed by atoms with Crippen LogP contribution in [-0.4, -0.2) is 15.5 Å². The van der Waals surface area contributed by atoms with E-state index >= 15 is 0 Å². The Morgan fingerprint density at radius 3 is 2.55 bits per heavy atom. The number of hydrogen-bond acceptors (Lipinski definition) is 2. The molecule has 2 N–H and O–H groups in total. The second-order valence-corrected chi connectivity index (χ2v) is 5.01. The van der Waals surface area contributed by atoms with Gasteiger partial charge in [-0.3, -0.25) is 4.79 Å². The minimum Gasteiger partial charge on any atom is -0.366 e. The zero-order valence-corrected chi connectivity index (χ0v) is 11.6. The molecule has 0 aliphatic carbocycles. The maximum Gasteiger partial charge on any atom is 0.248 e. The van der Waals surface area contributed by atoms with Crippen molar-refractivity contribution in [2.75, 3.05) is 0 Å². The van der Waals surface area contributed by atoms with Gasteiger partial charge in [0, 0.05) is 23.2 Å². The number of fused-ring (bicyclic) bond motifs is 1. The second kappa shape index (κ2) is 4.65. The van der Waals surface area contributed by atoms with Crippen LogP contribution in [0, 0.1) is 0 Å². The molecule has 0 aliphatic heterocycles. The van der Waals surface area contributed by atoms with Crippen molar-refractivity contribution in [1.29, 1.82) is 0 Å². The molecule has 3 rings (SSSR count). The van der Waals surface area contributed by atoms with E-state index in [4.69, 9.17) is 17.3 Å². The number of aromatic nitrogens is 2. The average Bonchev–Trinajstić information content (AvgIpc) is 2.76. The highest BCUT2D eigenvalue weighted by Crippen LogP contribution is 2.25. The summed E-state index contributed by atoms with van der Waals surface area (Å²) in [4.78, 5) is 15.8. The Balaban J connectivity index is 2.19. The molecule has 0 spiro atoms. The lowest BCUT2D eigenvalue weighted by Gasteiger charge is -2.02. The molecule has 1 aromatic heterocycles. The molecule has 0 unspecified atom stereocenters. The third kappa shape index (κ3) is 2.04. The van der Waals surface area contributed by atoms with Crippen LogP contribution in [-0.2, 0) is 7.05 Å². The monoisotopic (exact) mass is 285 g/mol. The predicted molar refractivity (Wildman–Crippen MR) is 79.7 cm³/mol. The van der Waals surface area contributed by atoms with Gasteiger partial charge >= 0.3 is 0 Å². The zero-order chi connectivity index (χ0) is 14.3. The van der Waals surface area contributed by atoms with Crippen LogP contribution >= 0.6 is 11.6 Å². The number of carbonyl (C=O) groups is 1. The number of benzene rings is 2. The fourth-order valence-electron chi connectivity index (χ4n) is 2.21. The molecule has 0 aliphatic rings. The van der Waals surface area contributed by atoms with Gasteiger partial charge in [0.15, 0.2) is 0 Å². The van der Waals surface area contributed by atoms with Crippen molar-refractivity contribution in [3.8, 4) is 11.4 Å². The quantitative estimate of drug-likeness (QED) is 0.787.